The Labute approximate surface area is 212 Å². The van der Waals surface area contributed by atoms with E-state index in [9.17, 15) is 4.79 Å². The zero-order chi connectivity index (χ0) is 22.3. The monoisotopic (exact) mass is 567 g/mol. The number of ether oxygens (including phenoxy) is 2. The molecule has 0 radical (unpaired) electrons. The van der Waals surface area contributed by atoms with E-state index < -0.39 is 0 Å². The normalized spacial score (nSPS) is 15.9. The molecule has 0 saturated carbocycles. The first-order valence-electron chi connectivity index (χ1n) is 11.4. The maximum Gasteiger partial charge on any atom is 0.250 e. The second-order valence-corrected chi connectivity index (χ2v) is 8.29. The van der Waals surface area contributed by atoms with Crippen molar-refractivity contribution in [2.45, 2.75) is 32.9 Å². The maximum atomic E-state index is 12.0. The Morgan fingerprint density at radius 3 is 2.61 bits per heavy atom. The molecular formula is C24H34IN5O3. The fourth-order valence-corrected chi connectivity index (χ4v) is 4.25. The van der Waals surface area contributed by atoms with E-state index in [4.69, 9.17) is 9.47 Å². The molecular weight excluding hydrogens is 533 g/mol. The minimum Gasteiger partial charge on any atom is -0.454 e. The van der Waals surface area contributed by atoms with Crippen LogP contribution in [0.5, 0.6) is 11.5 Å². The summed E-state index contributed by atoms with van der Waals surface area (Å²) in [4.78, 5) is 21.2. The Morgan fingerprint density at radius 2 is 1.85 bits per heavy atom. The minimum absolute atomic E-state index is 0. The summed E-state index contributed by atoms with van der Waals surface area (Å²) >= 11 is 0. The van der Waals surface area contributed by atoms with E-state index in [1.54, 1.807) is 6.07 Å². The van der Waals surface area contributed by atoms with Crippen LogP contribution in [0.25, 0.3) is 0 Å². The topological polar surface area (TPSA) is 71.3 Å². The summed E-state index contributed by atoms with van der Waals surface area (Å²) in [6.07, 6.45) is 1.95. The lowest BCUT2D eigenvalue weighted by molar-refractivity contribution is 0.171. The third-order valence-electron chi connectivity index (χ3n) is 6.09. The van der Waals surface area contributed by atoms with Crippen molar-refractivity contribution in [3.63, 3.8) is 0 Å². The van der Waals surface area contributed by atoms with Gasteiger partial charge >= 0.3 is 0 Å². The zero-order valence-electron chi connectivity index (χ0n) is 19.5. The van der Waals surface area contributed by atoms with Crippen LogP contribution in [0.15, 0.2) is 46.2 Å². The smallest absolute Gasteiger partial charge is 0.250 e. The fourth-order valence-electron chi connectivity index (χ4n) is 4.25. The number of pyridine rings is 1. The number of nitrogens with one attached hydrogen (secondary N) is 1. The average Bonchev–Trinajstić information content (AvgIpc) is 3.27. The number of aliphatic imine (C=N–C) groups is 1. The molecule has 1 N–H and O–H groups in total. The first-order valence-corrected chi connectivity index (χ1v) is 11.4. The number of halogens is 1. The van der Waals surface area contributed by atoms with Gasteiger partial charge in [0.15, 0.2) is 17.5 Å². The van der Waals surface area contributed by atoms with Crippen LogP contribution in [0.1, 0.15) is 24.1 Å². The van der Waals surface area contributed by atoms with Gasteiger partial charge in [0.1, 0.15) is 0 Å². The SMILES string of the molecule is CN=C(NCCCCn1c(C)cccc1=O)N1CCN(Cc2ccc3c(c2)OCO3)CC1.I. The van der Waals surface area contributed by atoms with Gasteiger partial charge in [-0.3, -0.25) is 14.7 Å². The number of rotatable bonds is 7. The van der Waals surface area contributed by atoms with E-state index in [1.807, 2.05) is 36.7 Å². The second kappa shape index (κ2) is 12.3. The van der Waals surface area contributed by atoms with Crippen LogP contribution in [0.4, 0.5) is 0 Å². The van der Waals surface area contributed by atoms with Crippen molar-refractivity contribution in [1.82, 2.24) is 19.7 Å². The summed E-state index contributed by atoms with van der Waals surface area (Å²) < 4.78 is 12.7. The van der Waals surface area contributed by atoms with Gasteiger partial charge in [-0.15, -0.1) is 24.0 Å². The predicted molar refractivity (Wildman–Crippen MR) is 141 cm³/mol. The number of aromatic nitrogens is 1. The molecule has 1 aromatic heterocycles. The highest BCUT2D eigenvalue weighted by molar-refractivity contribution is 14.0. The van der Waals surface area contributed by atoms with Crippen LogP contribution in [-0.4, -0.2) is 66.9 Å². The number of hydrogen-bond acceptors (Lipinski definition) is 5. The average molecular weight is 567 g/mol. The third kappa shape index (κ3) is 6.63. The van der Waals surface area contributed by atoms with Crippen molar-refractivity contribution >= 4 is 29.9 Å². The fraction of sp³-hybridized carbons (Fsp3) is 0.500. The zero-order valence-corrected chi connectivity index (χ0v) is 21.8. The Hall–Kier alpha value is -2.27. The first kappa shape index (κ1) is 25.4. The van der Waals surface area contributed by atoms with E-state index >= 15 is 0 Å². The Balaban J connectivity index is 0.00000306. The summed E-state index contributed by atoms with van der Waals surface area (Å²) in [7, 11) is 1.84. The highest BCUT2D eigenvalue weighted by Crippen LogP contribution is 2.32. The number of piperazine rings is 1. The highest BCUT2D eigenvalue weighted by Gasteiger charge is 2.20. The van der Waals surface area contributed by atoms with Crippen molar-refractivity contribution in [3.8, 4) is 11.5 Å². The van der Waals surface area contributed by atoms with Crippen LogP contribution >= 0.6 is 24.0 Å². The largest absolute Gasteiger partial charge is 0.454 e. The van der Waals surface area contributed by atoms with Gasteiger partial charge in [-0.25, -0.2) is 0 Å². The van der Waals surface area contributed by atoms with Gasteiger partial charge < -0.3 is 24.3 Å². The van der Waals surface area contributed by atoms with E-state index in [1.165, 1.54) is 5.56 Å². The molecule has 2 aliphatic heterocycles. The van der Waals surface area contributed by atoms with Crippen LogP contribution in [0.2, 0.25) is 0 Å². The van der Waals surface area contributed by atoms with Crippen molar-refractivity contribution in [3.05, 3.63) is 58.0 Å². The van der Waals surface area contributed by atoms with Gasteiger partial charge in [-0.2, -0.15) is 0 Å². The summed E-state index contributed by atoms with van der Waals surface area (Å²) in [6.45, 7) is 8.69. The van der Waals surface area contributed by atoms with Gasteiger partial charge in [0.2, 0.25) is 6.79 Å². The summed E-state index contributed by atoms with van der Waals surface area (Å²) in [5, 5.41) is 3.49. The van der Waals surface area contributed by atoms with Crippen molar-refractivity contribution in [1.29, 1.82) is 0 Å². The number of nitrogens with zero attached hydrogens (tertiary/aromatic N) is 4. The molecule has 0 unspecified atom stereocenters. The maximum absolute atomic E-state index is 12.0. The third-order valence-corrected chi connectivity index (χ3v) is 6.09. The molecule has 0 bridgehead atoms. The molecule has 2 aliphatic rings. The molecule has 180 valence electrons. The molecule has 4 rings (SSSR count). The molecule has 33 heavy (non-hydrogen) atoms. The Morgan fingerprint density at radius 1 is 1.06 bits per heavy atom. The molecule has 2 aromatic rings. The van der Waals surface area contributed by atoms with Crippen LogP contribution in [0, 0.1) is 6.92 Å². The lowest BCUT2D eigenvalue weighted by Crippen LogP contribution is -2.52. The molecule has 0 atom stereocenters. The minimum atomic E-state index is 0. The van der Waals surface area contributed by atoms with Crippen LogP contribution in [-0.2, 0) is 13.1 Å². The second-order valence-electron chi connectivity index (χ2n) is 8.29. The van der Waals surface area contributed by atoms with Gasteiger partial charge in [-0.05, 0) is 43.5 Å². The number of unbranched alkanes of at least 4 members (excludes halogenated alkanes) is 1. The van der Waals surface area contributed by atoms with Crippen LogP contribution in [0.3, 0.4) is 0 Å². The predicted octanol–water partition coefficient (Wildman–Crippen LogP) is 2.68. The van der Waals surface area contributed by atoms with Gasteiger partial charge in [0.05, 0.1) is 0 Å². The van der Waals surface area contributed by atoms with Gasteiger partial charge in [-0.1, -0.05) is 12.1 Å². The Kier molecular flexibility index (Phi) is 9.42. The molecule has 1 fully saturated rings. The number of hydrogen-bond donors (Lipinski definition) is 1. The molecule has 1 saturated heterocycles. The van der Waals surface area contributed by atoms with E-state index in [-0.39, 0.29) is 29.5 Å². The van der Waals surface area contributed by atoms with E-state index in [0.29, 0.717) is 6.79 Å². The van der Waals surface area contributed by atoms with Crippen LogP contribution < -0.4 is 20.3 Å². The quantitative estimate of drug-likeness (QED) is 0.240. The molecule has 0 spiro atoms. The number of fused-ring (bicyclic) bond motifs is 1. The number of aryl methyl sites for hydroxylation is 1. The summed E-state index contributed by atoms with van der Waals surface area (Å²) in [6, 6.07) is 11.6. The number of guanidine groups is 1. The molecule has 1 aromatic carbocycles. The first-order chi connectivity index (χ1) is 15.6. The molecule has 3 heterocycles. The van der Waals surface area contributed by atoms with Crippen molar-refractivity contribution in [2.75, 3.05) is 46.6 Å². The van der Waals surface area contributed by atoms with E-state index in [0.717, 1.165) is 81.8 Å². The number of benzene rings is 1. The lowest BCUT2D eigenvalue weighted by Gasteiger charge is -2.36. The Bertz CT molecular complexity index is 1000. The summed E-state index contributed by atoms with van der Waals surface area (Å²) in [5.41, 5.74) is 2.34. The molecule has 0 aliphatic carbocycles. The summed E-state index contributed by atoms with van der Waals surface area (Å²) in [5.74, 6) is 2.64. The standard InChI is InChI=1S/C24H33N5O3.HI/c1-19-6-5-7-23(30)29(19)11-4-3-10-26-24(25-2)28-14-12-27(13-15-28)17-20-8-9-21-22(16-20)32-18-31-21;/h5-9,16H,3-4,10-15,17-18H2,1-2H3,(H,25,26);1H. The molecule has 8 nitrogen and oxygen atoms in total. The van der Waals surface area contributed by atoms with Gasteiger partial charge in [0.25, 0.3) is 5.56 Å². The lowest BCUT2D eigenvalue weighted by atomic mass is 10.1. The van der Waals surface area contributed by atoms with Gasteiger partial charge in [0, 0.05) is 64.6 Å². The van der Waals surface area contributed by atoms with E-state index in [2.05, 4.69) is 32.2 Å². The van der Waals surface area contributed by atoms with Crippen molar-refractivity contribution < 1.29 is 9.47 Å². The molecule has 0 amide bonds. The highest BCUT2D eigenvalue weighted by atomic mass is 127. The molecule has 9 heteroatoms. The van der Waals surface area contributed by atoms with Crippen molar-refractivity contribution in [2.24, 2.45) is 4.99 Å².